The first-order valence-electron chi connectivity index (χ1n) is 7.34. The monoisotopic (exact) mass is 337 g/mol. The van der Waals surface area contributed by atoms with Crippen LogP contribution in [0, 0.1) is 6.92 Å². The van der Waals surface area contributed by atoms with Crippen LogP contribution in [0.15, 0.2) is 42.7 Å². The molecule has 1 aromatic heterocycles. The molecule has 1 saturated heterocycles. The van der Waals surface area contributed by atoms with E-state index in [0.717, 1.165) is 36.8 Å². The summed E-state index contributed by atoms with van der Waals surface area (Å²) in [6, 6.07) is 11.0. The lowest BCUT2D eigenvalue weighted by atomic mass is 10.0. The summed E-state index contributed by atoms with van der Waals surface area (Å²) in [6.45, 7) is 6.01. The van der Waals surface area contributed by atoms with Crippen LogP contribution in [0.25, 0.3) is 0 Å². The normalized spacial score (nSPS) is 18.7. The molecule has 22 heavy (non-hydrogen) atoms. The summed E-state index contributed by atoms with van der Waals surface area (Å²) in [6.07, 6.45) is 3.73. The Labute approximate surface area is 143 Å². The number of nitrogens with zero attached hydrogens (tertiary/aromatic N) is 2. The van der Waals surface area contributed by atoms with Gasteiger partial charge in [-0.3, -0.25) is 9.88 Å². The molecule has 1 N–H and O–H groups in total. The van der Waals surface area contributed by atoms with Gasteiger partial charge in [-0.25, -0.2) is 0 Å². The van der Waals surface area contributed by atoms with Gasteiger partial charge in [-0.1, -0.05) is 23.7 Å². The fourth-order valence-electron chi connectivity index (χ4n) is 2.82. The molecule has 2 aromatic rings. The average molecular weight is 338 g/mol. The van der Waals surface area contributed by atoms with E-state index in [0.29, 0.717) is 6.04 Å². The Morgan fingerprint density at radius 3 is 2.77 bits per heavy atom. The first-order chi connectivity index (χ1) is 10.2. The van der Waals surface area contributed by atoms with Gasteiger partial charge in [0.25, 0.3) is 0 Å². The van der Waals surface area contributed by atoms with E-state index in [1.165, 1.54) is 11.1 Å². The number of piperazine rings is 1. The third-order valence-corrected chi connectivity index (χ3v) is 4.47. The lowest BCUT2D eigenvalue weighted by molar-refractivity contribution is 0.153. The molecule has 0 amide bonds. The summed E-state index contributed by atoms with van der Waals surface area (Å²) in [7, 11) is 0. The quantitative estimate of drug-likeness (QED) is 0.927. The predicted molar refractivity (Wildman–Crippen MR) is 93.7 cm³/mol. The molecule has 5 heteroatoms. The third-order valence-electron chi connectivity index (χ3n) is 4.07. The molecule has 3 nitrogen and oxygen atoms in total. The van der Waals surface area contributed by atoms with Gasteiger partial charge in [0.05, 0.1) is 0 Å². The minimum absolute atomic E-state index is 0. The highest BCUT2D eigenvalue weighted by atomic mass is 35.5. The van der Waals surface area contributed by atoms with Crippen LogP contribution in [-0.4, -0.2) is 29.5 Å². The van der Waals surface area contributed by atoms with Crippen LogP contribution in [0.4, 0.5) is 0 Å². The molecule has 0 bridgehead atoms. The van der Waals surface area contributed by atoms with Crippen molar-refractivity contribution in [2.75, 3.05) is 19.6 Å². The van der Waals surface area contributed by atoms with Gasteiger partial charge in [-0.15, -0.1) is 12.4 Å². The van der Waals surface area contributed by atoms with E-state index in [-0.39, 0.29) is 12.4 Å². The Hall–Kier alpha value is -1.13. The molecular formula is C17H21Cl2N3. The minimum atomic E-state index is 0. The second-order valence-electron chi connectivity index (χ2n) is 5.55. The SMILES string of the molecule is Cc1ccc(CN2CCNCC2c2ccncc2)cc1Cl.Cl. The maximum absolute atomic E-state index is 6.25. The number of benzene rings is 1. The molecule has 0 radical (unpaired) electrons. The van der Waals surface area contributed by atoms with Gasteiger partial charge in [0.2, 0.25) is 0 Å². The standard InChI is InChI=1S/C17H20ClN3.ClH/c1-13-2-3-14(10-16(13)18)12-21-9-8-20-11-17(21)15-4-6-19-7-5-15;/h2-7,10,17,20H,8-9,11-12H2,1H3;1H. The van der Waals surface area contributed by atoms with E-state index in [2.05, 4.69) is 45.5 Å². The molecule has 0 saturated carbocycles. The van der Waals surface area contributed by atoms with E-state index in [9.17, 15) is 0 Å². The van der Waals surface area contributed by atoms with Crippen molar-refractivity contribution in [2.24, 2.45) is 0 Å². The van der Waals surface area contributed by atoms with Gasteiger partial charge in [-0.05, 0) is 41.8 Å². The van der Waals surface area contributed by atoms with Crippen LogP contribution < -0.4 is 5.32 Å². The zero-order valence-corrected chi connectivity index (χ0v) is 14.2. The van der Waals surface area contributed by atoms with E-state index < -0.39 is 0 Å². The molecule has 1 unspecified atom stereocenters. The molecule has 1 aliphatic heterocycles. The van der Waals surface area contributed by atoms with Crippen molar-refractivity contribution in [3.05, 3.63) is 64.4 Å². The van der Waals surface area contributed by atoms with Crippen molar-refractivity contribution in [3.8, 4) is 0 Å². The van der Waals surface area contributed by atoms with Crippen molar-refractivity contribution in [1.82, 2.24) is 15.2 Å². The van der Waals surface area contributed by atoms with Gasteiger partial charge >= 0.3 is 0 Å². The first kappa shape index (κ1) is 17.2. The van der Waals surface area contributed by atoms with Crippen molar-refractivity contribution in [2.45, 2.75) is 19.5 Å². The van der Waals surface area contributed by atoms with E-state index in [4.69, 9.17) is 11.6 Å². The number of hydrogen-bond donors (Lipinski definition) is 1. The Morgan fingerprint density at radius 2 is 2.05 bits per heavy atom. The topological polar surface area (TPSA) is 28.2 Å². The fourth-order valence-corrected chi connectivity index (χ4v) is 3.02. The summed E-state index contributed by atoms with van der Waals surface area (Å²) in [4.78, 5) is 6.62. The van der Waals surface area contributed by atoms with Crippen LogP contribution in [0.3, 0.4) is 0 Å². The van der Waals surface area contributed by atoms with E-state index in [1.54, 1.807) is 0 Å². The maximum atomic E-state index is 6.25. The number of pyridine rings is 1. The Kier molecular flexibility index (Phi) is 6.21. The summed E-state index contributed by atoms with van der Waals surface area (Å²) in [5.74, 6) is 0. The first-order valence-corrected chi connectivity index (χ1v) is 7.71. The highest BCUT2D eigenvalue weighted by Crippen LogP contribution is 2.25. The zero-order chi connectivity index (χ0) is 14.7. The fraction of sp³-hybridized carbons (Fsp3) is 0.353. The van der Waals surface area contributed by atoms with Crippen molar-refractivity contribution in [3.63, 3.8) is 0 Å². The summed E-state index contributed by atoms with van der Waals surface area (Å²) < 4.78 is 0. The van der Waals surface area contributed by atoms with Gasteiger partial charge in [-0.2, -0.15) is 0 Å². The summed E-state index contributed by atoms with van der Waals surface area (Å²) in [5.41, 5.74) is 3.72. The maximum Gasteiger partial charge on any atom is 0.0477 e. The highest BCUT2D eigenvalue weighted by Gasteiger charge is 2.23. The second-order valence-corrected chi connectivity index (χ2v) is 5.96. The van der Waals surface area contributed by atoms with Crippen molar-refractivity contribution in [1.29, 1.82) is 0 Å². The Bertz CT molecular complexity index is 604. The molecule has 0 aliphatic carbocycles. The van der Waals surface area contributed by atoms with Gasteiger partial charge in [0.1, 0.15) is 0 Å². The molecule has 0 spiro atoms. The van der Waals surface area contributed by atoms with Crippen molar-refractivity contribution < 1.29 is 0 Å². The Morgan fingerprint density at radius 1 is 1.27 bits per heavy atom. The Balaban J connectivity index is 0.00000176. The van der Waals surface area contributed by atoms with Crippen LogP contribution in [0.2, 0.25) is 5.02 Å². The highest BCUT2D eigenvalue weighted by molar-refractivity contribution is 6.31. The van der Waals surface area contributed by atoms with E-state index >= 15 is 0 Å². The van der Waals surface area contributed by atoms with Crippen LogP contribution in [0.5, 0.6) is 0 Å². The molecule has 1 aromatic carbocycles. The lowest BCUT2D eigenvalue weighted by Gasteiger charge is -2.36. The lowest BCUT2D eigenvalue weighted by Crippen LogP contribution is -2.45. The van der Waals surface area contributed by atoms with Gasteiger partial charge < -0.3 is 5.32 Å². The van der Waals surface area contributed by atoms with Gasteiger partial charge in [0, 0.05) is 49.6 Å². The van der Waals surface area contributed by atoms with Crippen LogP contribution in [-0.2, 0) is 6.54 Å². The molecule has 1 atom stereocenters. The van der Waals surface area contributed by atoms with Crippen molar-refractivity contribution >= 4 is 24.0 Å². The molecule has 3 rings (SSSR count). The zero-order valence-electron chi connectivity index (χ0n) is 12.6. The number of halogens is 2. The second kappa shape index (κ2) is 7.93. The number of aromatic nitrogens is 1. The number of rotatable bonds is 3. The van der Waals surface area contributed by atoms with Crippen LogP contribution in [0.1, 0.15) is 22.7 Å². The molecule has 1 fully saturated rings. The number of aryl methyl sites for hydroxylation is 1. The minimum Gasteiger partial charge on any atom is -0.314 e. The molecular weight excluding hydrogens is 317 g/mol. The summed E-state index contributed by atoms with van der Waals surface area (Å²) in [5, 5.41) is 4.33. The third kappa shape index (κ3) is 3.99. The van der Waals surface area contributed by atoms with E-state index in [1.807, 2.05) is 19.3 Å². The number of hydrogen-bond acceptors (Lipinski definition) is 3. The van der Waals surface area contributed by atoms with Crippen LogP contribution >= 0.6 is 24.0 Å². The summed E-state index contributed by atoms with van der Waals surface area (Å²) >= 11 is 6.25. The largest absolute Gasteiger partial charge is 0.314 e. The predicted octanol–water partition coefficient (Wildman–Crippen LogP) is 3.61. The van der Waals surface area contributed by atoms with Gasteiger partial charge in [0.15, 0.2) is 0 Å². The average Bonchev–Trinajstić information content (AvgIpc) is 2.52. The smallest absolute Gasteiger partial charge is 0.0477 e. The molecule has 1 aliphatic rings. The molecule has 2 heterocycles. The molecule has 118 valence electrons. The number of nitrogens with one attached hydrogen (secondary N) is 1.